The fourth-order valence-electron chi connectivity index (χ4n) is 1.92. The molecule has 20 heavy (non-hydrogen) atoms. The number of benzene rings is 1. The van der Waals surface area contributed by atoms with E-state index in [0.717, 1.165) is 27.4 Å². The molecule has 4 heteroatoms. The Morgan fingerprint density at radius 2 is 1.85 bits per heavy atom. The Hall–Kier alpha value is -1.42. The molecule has 0 aliphatic heterocycles. The Balaban J connectivity index is 1.87. The smallest absolute Gasteiger partial charge is 0.132 e. The second-order valence-corrected chi connectivity index (χ2v) is 6.24. The van der Waals surface area contributed by atoms with Crippen molar-refractivity contribution < 1.29 is 4.74 Å². The summed E-state index contributed by atoms with van der Waals surface area (Å²) in [5, 5.41) is 0. The molecule has 0 amide bonds. The Kier molecular flexibility index (Phi) is 3.74. The van der Waals surface area contributed by atoms with Gasteiger partial charge in [0.15, 0.2) is 0 Å². The molecular weight excluding hydrogens is 316 g/mol. The molecule has 0 N–H and O–H groups in total. The third kappa shape index (κ3) is 3.18. The fraction of sp³-hybridized carbons (Fsp3) is 0.375. The zero-order valence-corrected chi connectivity index (χ0v) is 13.2. The Bertz CT molecular complexity index is 606. The summed E-state index contributed by atoms with van der Waals surface area (Å²) in [6.07, 6.45) is 2.79. The van der Waals surface area contributed by atoms with Gasteiger partial charge >= 0.3 is 0 Å². The first-order valence-corrected chi connectivity index (χ1v) is 7.72. The average molecular weight is 333 g/mol. The highest BCUT2D eigenvalue weighted by atomic mass is 79.9. The topological polar surface area (TPSA) is 35.0 Å². The zero-order chi connectivity index (χ0) is 14.1. The van der Waals surface area contributed by atoms with E-state index in [1.54, 1.807) is 0 Å². The van der Waals surface area contributed by atoms with E-state index >= 15 is 0 Å². The van der Waals surface area contributed by atoms with E-state index in [0.29, 0.717) is 12.0 Å². The second-order valence-electron chi connectivity index (χ2n) is 5.43. The van der Waals surface area contributed by atoms with Crippen molar-refractivity contribution in [3.8, 4) is 17.0 Å². The molecule has 1 aromatic heterocycles. The summed E-state index contributed by atoms with van der Waals surface area (Å²) in [6.45, 7) is 4.19. The van der Waals surface area contributed by atoms with Crippen molar-refractivity contribution in [3.63, 3.8) is 0 Å². The predicted octanol–water partition coefficient (Wildman–Crippen LogP) is 4.57. The van der Waals surface area contributed by atoms with Crippen LogP contribution in [0.5, 0.6) is 5.75 Å². The van der Waals surface area contributed by atoms with Crippen LogP contribution in [0.25, 0.3) is 11.3 Å². The minimum absolute atomic E-state index is 0.309. The zero-order valence-electron chi connectivity index (χ0n) is 11.6. The lowest BCUT2D eigenvalue weighted by Crippen LogP contribution is -1.99. The molecule has 0 radical (unpaired) electrons. The molecule has 1 aromatic carbocycles. The molecular formula is C16H17BrN2O. The van der Waals surface area contributed by atoms with Crippen LogP contribution in [0.1, 0.15) is 38.4 Å². The van der Waals surface area contributed by atoms with Gasteiger partial charge in [-0.2, -0.15) is 0 Å². The molecule has 1 aliphatic carbocycles. The maximum atomic E-state index is 5.76. The van der Waals surface area contributed by atoms with Crippen LogP contribution in [0.3, 0.4) is 0 Å². The minimum atomic E-state index is 0.309. The molecule has 1 fully saturated rings. The van der Waals surface area contributed by atoms with Crippen molar-refractivity contribution in [3.05, 3.63) is 40.8 Å². The van der Waals surface area contributed by atoms with Crippen molar-refractivity contribution in [1.82, 2.24) is 9.97 Å². The molecule has 3 rings (SSSR count). The Labute approximate surface area is 127 Å². The van der Waals surface area contributed by atoms with E-state index in [1.165, 1.54) is 12.8 Å². The summed E-state index contributed by atoms with van der Waals surface area (Å²) in [5.74, 6) is 2.10. The van der Waals surface area contributed by atoms with Crippen LogP contribution >= 0.6 is 15.9 Å². The molecule has 1 aliphatic rings. The molecule has 0 unspecified atom stereocenters. The lowest BCUT2D eigenvalue weighted by Gasteiger charge is -2.09. The first-order valence-electron chi connectivity index (χ1n) is 6.93. The van der Waals surface area contributed by atoms with Gasteiger partial charge in [0.1, 0.15) is 16.2 Å². The van der Waals surface area contributed by atoms with Crippen LogP contribution in [-0.2, 0) is 0 Å². The minimum Gasteiger partial charge on any atom is -0.490 e. The first kappa shape index (κ1) is 13.6. The van der Waals surface area contributed by atoms with E-state index in [1.807, 2.05) is 18.2 Å². The molecule has 2 aromatic rings. The van der Waals surface area contributed by atoms with Gasteiger partial charge < -0.3 is 4.74 Å². The van der Waals surface area contributed by atoms with Gasteiger partial charge in [0, 0.05) is 11.5 Å². The molecule has 0 atom stereocenters. The third-order valence-corrected chi connectivity index (χ3v) is 3.61. The highest BCUT2D eigenvalue weighted by Crippen LogP contribution is 2.29. The van der Waals surface area contributed by atoms with Crippen LogP contribution < -0.4 is 4.74 Å². The van der Waals surface area contributed by atoms with Gasteiger partial charge in [-0.05, 0) is 59.1 Å². The SMILES string of the molecule is CC(C)c1nc(Br)cc(-c2ccc(OC3CC3)cc2)n1. The number of rotatable bonds is 4. The molecule has 1 heterocycles. The summed E-state index contributed by atoms with van der Waals surface area (Å²) in [7, 11) is 0. The molecule has 0 saturated heterocycles. The second kappa shape index (κ2) is 5.52. The quantitative estimate of drug-likeness (QED) is 0.769. The number of hydrogen-bond acceptors (Lipinski definition) is 3. The summed E-state index contributed by atoms with van der Waals surface area (Å²) in [5.41, 5.74) is 2.02. The largest absolute Gasteiger partial charge is 0.490 e. The lowest BCUT2D eigenvalue weighted by molar-refractivity contribution is 0.303. The molecule has 3 nitrogen and oxygen atoms in total. The Morgan fingerprint density at radius 3 is 2.45 bits per heavy atom. The summed E-state index contributed by atoms with van der Waals surface area (Å²) >= 11 is 3.46. The van der Waals surface area contributed by atoms with Crippen molar-refractivity contribution in [1.29, 1.82) is 0 Å². The molecule has 0 spiro atoms. The highest BCUT2D eigenvalue weighted by molar-refractivity contribution is 9.10. The van der Waals surface area contributed by atoms with Gasteiger partial charge in [0.05, 0.1) is 11.8 Å². The summed E-state index contributed by atoms with van der Waals surface area (Å²) < 4.78 is 6.58. The monoisotopic (exact) mass is 332 g/mol. The van der Waals surface area contributed by atoms with Crippen molar-refractivity contribution >= 4 is 15.9 Å². The van der Waals surface area contributed by atoms with Crippen LogP contribution in [0.2, 0.25) is 0 Å². The fourth-order valence-corrected chi connectivity index (χ4v) is 2.32. The number of halogens is 1. The van der Waals surface area contributed by atoms with Crippen molar-refractivity contribution in [2.75, 3.05) is 0 Å². The van der Waals surface area contributed by atoms with Gasteiger partial charge in [-0.3, -0.25) is 0 Å². The van der Waals surface area contributed by atoms with E-state index < -0.39 is 0 Å². The lowest BCUT2D eigenvalue weighted by atomic mass is 10.1. The standard InChI is InChI=1S/C16H17BrN2O/c1-10(2)16-18-14(9-15(17)19-16)11-3-5-12(6-4-11)20-13-7-8-13/h3-6,9-10,13H,7-8H2,1-2H3. The summed E-state index contributed by atoms with van der Waals surface area (Å²) in [6, 6.07) is 10.1. The highest BCUT2D eigenvalue weighted by Gasteiger charge is 2.23. The maximum Gasteiger partial charge on any atom is 0.132 e. The number of hydrogen-bond donors (Lipinski definition) is 0. The number of nitrogens with zero attached hydrogens (tertiary/aromatic N) is 2. The molecule has 0 bridgehead atoms. The van der Waals surface area contributed by atoms with Crippen LogP contribution in [0, 0.1) is 0 Å². The predicted molar refractivity (Wildman–Crippen MR) is 82.9 cm³/mol. The summed E-state index contributed by atoms with van der Waals surface area (Å²) in [4.78, 5) is 9.03. The third-order valence-electron chi connectivity index (χ3n) is 3.21. The van der Waals surface area contributed by atoms with Crippen molar-refractivity contribution in [2.24, 2.45) is 0 Å². The molecule has 1 saturated carbocycles. The van der Waals surface area contributed by atoms with E-state index in [4.69, 9.17) is 4.74 Å². The van der Waals surface area contributed by atoms with E-state index in [-0.39, 0.29) is 0 Å². The molecule has 104 valence electrons. The first-order chi connectivity index (χ1) is 9.61. The number of aromatic nitrogens is 2. The van der Waals surface area contributed by atoms with Gasteiger partial charge in [-0.1, -0.05) is 13.8 Å². The van der Waals surface area contributed by atoms with E-state index in [9.17, 15) is 0 Å². The van der Waals surface area contributed by atoms with Gasteiger partial charge in [0.2, 0.25) is 0 Å². The average Bonchev–Trinajstić information content (AvgIpc) is 3.23. The maximum absolute atomic E-state index is 5.76. The normalized spacial score (nSPS) is 14.6. The van der Waals surface area contributed by atoms with Gasteiger partial charge in [0.25, 0.3) is 0 Å². The van der Waals surface area contributed by atoms with Gasteiger partial charge in [-0.15, -0.1) is 0 Å². The number of ether oxygens (including phenoxy) is 1. The van der Waals surface area contributed by atoms with Crippen molar-refractivity contribution in [2.45, 2.75) is 38.7 Å². The van der Waals surface area contributed by atoms with Crippen LogP contribution in [0.15, 0.2) is 34.9 Å². The van der Waals surface area contributed by atoms with Crippen LogP contribution in [-0.4, -0.2) is 16.1 Å². The Morgan fingerprint density at radius 1 is 1.15 bits per heavy atom. The van der Waals surface area contributed by atoms with Crippen LogP contribution in [0.4, 0.5) is 0 Å². The van der Waals surface area contributed by atoms with E-state index in [2.05, 4.69) is 51.9 Å². The van der Waals surface area contributed by atoms with Gasteiger partial charge in [-0.25, -0.2) is 9.97 Å².